The number of carbonyl (C=O) groups excluding carboxylic acids is 1. The summed E-state index contributed by atoms with van der Waals surface area (Å²) < 4.78 is 23.4. The van der Waals surface area contributed by atoms with Crippen molar-refractivity contribution in [3.63, 3.8) is 0 Å². The van der Waals surface area contributed by atoms with E-state index in [4.69, 9.17) is 5.26 Å². The van der Waals surface area contributed by atoms with E-state index in [1.807, 2.05) is 32.9 Å². The molecule has 20 heavy (non-hydrogen) atoms. The van der Waals surface area contributed by atoms with Crippen LogP contribution in [0.2, 0.25) is 0 Å². The minimum Gasteiger partial charge on any atom is -0.324 e. The summed E-state index contributed by atoms with van der Waals surface area (Å²) in [5.74, 6) is -1.27. The van der Waals surface area contributed by atoms with Crippen molar-refractivity contribution in [3.8, 4) is 6.07 Å². The lowest BCUT2D eigenvalue weighted by Gasteiger charge is -2.15. The van der Waals surface area contributed by atoms with Crippen molar-refractivity contribution >= 4 is 21.4 Å². The van der Waals surface area contributed by atoms with Gasteiger partial charge in [-0.25, -0.2) is 8.42 Å². The Labute approximate surface area is 119 Å². The number of benzene rings is 1. The van der Waals surface area contributed by atoms with Gasteiger partial charge in [-0.3, -0.25) is 4.79 Å². The van der Waals surface area contributed by atoms with Gasteiger partial charge in [0.2, 0.25) is 5.91 Å². The van der Waals surface area contributed by atoms with E-state index in [1.54, 1.807) is 6.07 Å². The topological polar surface area (TPSA) is 87.0 Å². The lowest BCUT2D eigenvalue weighted by atomic mass is 10.1. The fourth-order valence-corrected chi connectivity index (χ4v) is 2.80. The highest BCUT2D eigenvalue weighted by molar-refractivity contribution is 7.92. The maximum absolute atomic E-state index is 12.0. The molecule has 1 aromatic carbocycles. The zero-order valence-electron chi connectivity index (χ0n) is 12.0. The average molecular weight is 294 g/mol. The van der Waals surface area contributed by atoms with E-state index in [0.29, 0.717) is 5.69 Å². The Kier molecular flexibility index (Phi) is 4.90. The first-order valence-electron chi connectivity index (χ1n) is 6.16. The van der Waals surface area contributed by atoms with E-state index in [0.717, 1.165) is 16.7 Å². The molecule has 1 atom stereocenters. The average Bonchev–Trinajstić information content (AvgIpc) is 2.32. The summed E-state index contributed by atoms with van der Waals surface area (Å²) >= 11 is 0. The first-order valence-corrected chi connectivity index (χ1v) is 7.88. The van der Waals surface area contributed by atoms with E-state index in [1.165, 1.54) is 6.92 Å². The molecule has 0 radical (unpaired) electrons. The lowest BCUT2D eigenvalue weighted by Crippen LogP contribution is -2.34. The molecule has 0 fully saturated rings. The normalized spacial score (nSPS) is 12.6. The predicted octanol–water partition coefficient (Wildman–Crippen LogP) is 1.88. The quantitative estimate of drug-likeness (QED) is 0.918. The molecule has 0 bridgehead atoms. The third-order valence-electron chi connectivity index (χ3n) is 3.10. The Morgan fingerprint density at radius 1 is 1.30 bits per heavy atom. The fraction of sp³-hybridized carbons (Fsp3) is 0.429. The zero-order valence-corrected chi connectivity index (χ0v) is 12.8. The first kappa shape index (κ1) is 16.2. The van der Waals surface area contributed by atoms with Crippen LogP contribution >= 0.6 is 0 Å². The van der Waals surface area contributed by atoms with Crippen molar-refractivity contribution in [1.29, 1.82) is 5.26 Å². The van der Waals surface area contributed by atoms with Crippen molar-refractivity contribution in [2.45, 2.75) is 32.9 Å². The Hall–Kier alpha value is -1.87. The number of aryl methyl sites for hydroxylation is 3. The molecule has 5 nitrogen and oxygen atoms in total. The number of rotatable bonds is 4. The van der Waals surface area contributed by atoms with Crippen LogP contribution in [0.4, 0.5) is 5.69 Å². The Balaban J connectivity index is 3.01. The maximum atomic E-state index is 12.0. The number of hydrogen-bond donors (Lipinski definition) is 1. The molecule has 0 saturated heterocycles. The molecule has 0 spiro atoms. The van der Waals surface area contributed by atoms with Crippen molar-refractivity contribution in [2.75, 3.05) is 11.1 Å². The van der Waals surface area contributed by atoms with Crippen molar-refractivity contribution in [1.82, 2.24) is 0 Å². The highest BCUT2D eigenvalue weighted by Gasteiger charge is 2.28. The molecule has 1 unspecified atom stereocenters. The van der Waals surface area contributed by atoms with Crippen LogP contribution in [0.5, 0.6) is 0 Å². The number of nitrogens with zero attached hydrogens (tertiary/aromatic N) is 1. The van der Waals surface area contributed by atoms with Crippen molar-refractivity contribution < 1.29 is 13.2 Å². The van der Waals surface area contributed by atoms with Crippen molar-refractivity contribution in [3.05, 3.63) is 28.8 Å². The maximum Gasteiger partial charge on any atom is 0.242 e. The Bertz CT molecular complexity index is 649. The summed E-state index contributed by atoms with van der Waals surface area (Å²) in [6.45, 7) is 6.95. The van der Waals surface area contributed by atoms with Gasteiger partial charge in [-0.2, -0.15) is 5.26 Å². The van der Waals surface area contributed by atoms with E-state index >= 15 is 0 Å². The summed E-state index contributed by atoms with van der Waals surface area (Å²) in [5.41, 5.74) is 3.45. The first-order chi connectivity index (χ1) is 9.19. The monoisotopic (exact) mass is 294 g/mol. The van der Waals surface area contributed by atoms with Gasteiger partial charge in [-0.1, -0.05) is 17.7 Å². The smallest absolute Gasteiger partial charge is 0.242 e. The van der Waals surface area contributed by atoms with Gasteiger partial charge in [0.1, 0.15) is 11.0 Å². The molecular formula is C14H18N2O3S. The molecule has 0 aliphatic carbocycles. The van der Waals surface area contributed by atoms with Crippen LogP contribution in [0, 0.1) is 32.1 Å². The second-order valence-electron chi connectivity index (χ2n) is 4.87. The van der Waals surface area contributed by atoms with E-state index in [2.05, 4.69) is 5.32 Å². The number of nitrogens with one attached hydrogen (secondary N) is 1. The molecule has 6 heteroatoms. The minimum absolute atomic E-state index is 0.615. The third kappa shape index (κ3) is 3.58. The highest BCUT2D eigenvalue weighted by atomic mass is 32.2. The third-order valence-corrected chi connectivity index (χ3v) is 4.92. The Morgan fingerprint density at radius 2 is 1.80 bits per heavy atom. The van der Waals surface area contributed by atoms with Crippen LogP contribution in [-0.2, 0) is 14.6 Å². The van der Waals surface area contributed by atoms with Crippen LogP contribution in [-0.4, -0.2) is 25.3 Å². The number of amides is 1. The number of anilines is 1. The molecule has 0 aliphatic heterocycles. The van der Waals surface area contributed by atoms with Gasteiger partial charge in [0.25, 0.3) is 0 Å². The standard InChI is InChI=1S/C14H18N2O3S/c1-9-7-10(2)13(11(3)8-9)16-14(17)12(4)20(18,19)6-5-15/h7-8,12H,6H2,1-4H3,(H,16,17). The zero-order chi connectivity index (χ0) is 15.5. The van der Waals surface area contributed by atoms with Gasteiger partial charge in [0, 0.05) is 5.69 Å². The SMILES string of the molecule is Cc1cc(C)c(NC(=O)C(C)S(=O)(=O)CC#N)c(C)c1. The van der Waals surface area contributed by atoms with Crippen LogP contribution in [0.3, 0.4) is 0 Å². The molecule has 0 aromatic heterocycles. The molecular weight excluding hydrogens is 276 g/mol. The summed E-state index contributed by atoms with van der Waals surface area (Å²) in [5, 5.41) is 9.87. The molecule has 1 amide bonds. The van der Waals surface area contributed by atoms with Gasteiger partial charge in [0.15, 0.2) is 9.84 Å². The van der Waals surface area contributed by atoms with Gasteiger partial charge in [0.05, 0.1) is 6.07 Å². The lowest BCUT2D eigenvalue weighted by molar-refractivity contribution is -0.115. The number of nitriles is 1. The summed E-state index contributed by atoms with van der Waals surface area (Å²) in [7, 11) is -3.74. The number of hydrogen-bond acceptors (Lipinski definition) is 4. The highest BCUT2D eigenvalue weighted by Crippen LogP contribution is 2.22. The van der Waals surface area contributed by atoms with Gasteiger partial charge in [-0.15, -0.1) is 0 Å². The summed E-state index contributed by atoms with van der Waals surface area (Å²) in [6, 6.07) is 5.40. The second kappa shape index (κ2) is 6.06. The van der Waals surface area contributed by atoms with Crippen molar-refractivity contribution in [2.24, 2.45) is 0 Å². The van der Waals surface area contributed by atoms with Gasteiger partial charge < -0.3 is 5.32 Å². The van der Waals surface area contributed by atoms with Crippen LogP contribution < -0.4 is 5.32 Å². The second-order valence-corrected chi connectivity index (χ2v) is 7.19. The fourth-order valence-electron chi connectivity index (χ4n) is 1.98. The number of carbonyl (C=O) groups is 1. The molecule has 1 aromatic rings. The summed E-state index contributed by atoms with van der Waals surface area (Å²) in [4.78, 5) is 12.0. The molecule has 108 valence electrons. The van der Waals surface area contributed by atoms with E-state index < -0.39 is 26.7 Å². The van der Waals surface area contributed by atoms with Gasteiger partial charge in [-0.05, 0) is 38.8 Å². The molecule has 0 aliphatic rings. The van der Waals surface area contributed by atoms with Crippen LogP contribution in [0.1, 0.15) is 23.6 Å². The molecule has 1 N–H and O–H groups in total. The van der Waals surface area contributed by atoms with E-state index in [-0.39, 0.29) is 0 Å². The molecule has 0 heterocycles. The van der Waals surface area contributed by atoms with Crippen LogP contribution in [0.15, 0.2) is 12.1 Å². The van der Waals surface area contributed by atoms with Gasteiger partial charge >= 0.3 is 0 Å². The number of sulfone groups is 1. The van der Waals surface area contributed by atoms with Crippen LogP contribution in [0.25, 0.3) is 0 Å². The largest absolute Gasteiger partial charge is 0.324 e. The molecule has 1 rings (SSSR count). The molecule has 0 saturated carbocycles. The predicted molar refractivity (Wildman–Crippen MR) is 78.1 cm³/mol. The van der Waals surface area contributed by atoms with E-state index in [9.17, 15) is 13.2 Å². The summed E-state index contributed by atoms with van der Waals surface area (Å²) in [6.07, 6.45) is 0. The minimum atomic E-state index is -3.74. The Morgan fingerprint density at radius 3 is 2.25 bits per heavy atom.